The van der Waals surface area contributed by atoms with E-state index in [1.165, 1.54) is 10.6 Å². The van der Waals surface area contributed by atoms with Crippen molar-refractivity contribution in [1.29, 1.82) is 0 Å². The number of carbonyl (C=O) groups excluding carboxylic acids is 1. The molecule has 5 rings (SSSR count). The maximum atomic E-state index is 12.8. The number of hydrogen-bond donors (Lipinski definition) is 0. The highest BCUT2D eigenvalue weighted by Gasteiger charge is 2.48. The molecule has 1 spiro atoms. The Morgan fingerprint density at radius 2 is 2.20 bits per heavy atom. The minimum Gasteiger partial charge on any atom is -0.469 e. The van der Waals surface area contributed by atoms with Crippen LogP contribution >= 0.6 is 11.3 Å². The van der Waals surface area contributed by atoms with Crippen molar-refractivity contribution >= 4 is 17.2 Å². The van der Waals surface area contributed by atoms with Crippen LogP contribution in [0.5, 0.6) is 0 Å². The zero-order valence-corrected chi connectivity index (χ0v) is 14.9. The molecule has 1 fully saturated rings. The summed E-state index contributed by atoms with van der Waals surface area (Å²) in [5.41, 5.74) is 1.89. The molecule has 0 saturated carbocycles. The summed E-state index contributed by atoms with van der Waals surface area (Å²) < 4.78 is 7.65. The standard InChI is InChI=1S/C19H19N3O2S/c1-13-14(4-9-24-13)17(23)21-7-5-19(12-21)6-8-22-15(11-20-18(19)22)16-3-2-10-25-16/h2-4,9-11H,5-8,12H2,1H3/t19-/m1/s1. The number of amides is 1. The maximum Gasteiger partial charge on any atom is 0.257 e. The summed E-state index contributed by atoms with van der Waals surface area (Å²) in [6.45, 7) is 4.35. The Hall–Kier alpha value is -2.34. The Morgan fingerprint density at radius 1 is 1.32 bits per heavy atom. The summed E-state index contributed by atoms with van der Waals surface area (Å²) in [4.78, 5) is 20.8. The van der Waals surface area contributed by atoms with E-state index < -0.39 is 0 Å². The number of carbonyl (C=O) groups is 1. The molecule has 0 aliphatic carbocycles. The molecule has 128 valence electrons. The average Bonchev–Trinajstić information content (AvgIpc) is 3.38. The van der Waals surface area contributed by atoms with Gasteiger partial charge in [0.1, 0.15) is 11.6 Å². The first-order chi connectivity index (χ1) is 12.2. The lowest BCUT2D eigenvalue weighted by atomic mass is 9.85. The molecule has 1 atom stereocenters. The molecule has 0 unspecified atom stereocenters. The molecule has 1 amide bonds. The van der Waals surface area contributed by atoms with Crippen molar-refractivity contribution in [2.24, 2.45) is 0 Å². The molecule has 2 aliphatic rings. The van der Waals surface area contributed by atoms with E-state index in [0.717, 1.165) is 38.3 Å². The van der Waals surface area contributed by atoms with Crippen molar-refractivity contribution in [2.75, 3.05) is 13.1 Å². The van der Waals surface area contributed by atoms with Gasteiger partial charge in [-0.3, -0.25) is 4.79 Å². The molecule has 25 heavy (non-hydrogen) atoms. The van der Waals surface area contributed by atoms with Gasteiger partial charge in [0.25, 0.3) is 5.91 Å². The summed E-state index contributed by atoms with van der Waals surface area (Å²) in [5, 5.41) is 2.10. The highest BCUT2D eigenvalue weighted by atomic mass is 32.1. The predicted octanol–water partition coefficient (Wildman–Crippen LogP) is 3.70. The second-order valence-electron chi connectivity index (χ2n) is 6.99. The van der Waals surface area contributed by atoms with E-state index in [-0.39, 0.29) is 11.3 Å². The Labute approximate surface area is 149 Å². The van der Waals surface area contributed by atoms with Crippen LogP contribution in [0.4, 0.5) is 0 Å². The number of thiophene rings is 1. The van der Waals surface area contributed by atoms with E-state index in [1.54, 1.807) is 23.7 Å². The average molecular weight is 353 g/mol. The van der Waals surface area contributed by atoms with E-state index in [9.17, 15) is 4.79 Å². The van der Waals surface area contributed by atoms with Gasteiger partial charge in [-0.1, -0.05) is 6.07 Å². The number of furan rings is 1. The molecule has 3 aromatic rings. The van der Waals surface area contributed by atoms with Crippen LogP contribution in [-0.2, 0) is 12.0 Å². The van der Waals surface area contributed by atoms with Gasteiger partial charge in [0, 0.05) is 25.0 Å². The Morgan fingerprint density at radius 3 is 2.96 bits per heavy atom. The van der Waals surface area contributed by atoms with E-state index in [2.05, 4.69) is 22.1 Å². The van der Waals surface area contributed by atoms with Crippen molar-refractivity contribution in [3.8, 4) is 10.6 Å². The number of likely N-dealkylation sites (tertiary alicyclic amines) is 1. The molecule has 2 aliphatic heterocycles. The molecule has 3 aromatic heterocycles. The fraction of sp³-hybridized carbons (Fsp3) is 0.368. The van der Waals surface area contributed by atoms with Gasteiger partial charge in [-0.15, -0.1) is 11.3 Å². The van der Waals surface area contributed by atoms with Crippen LogP contribution in [0.3, 0.4) is 0 Å². The van der Waals surface area contributed by atoms with Gasteiger partial charge in [-0.05, 0) is 37.3 Å². The molecule has 5 heterocycles. The number of imidazole rings is 1. The fourth-order valence-electron chi connectivity index (χ4n) is 4.29. The third-order valence-electron chi connectivity index (χ3n) is 5.65. The van der Waals surface area contributed by atoms with E-state index in [1.807, 2.05) is 18.0 Å². The van der Waals surface area contributed by atoms with Gasteiger partial charge in [0.05, 0.1) is 28.6 Å². The van der Waals surface area contributed by atoms with Crippen LogP contribution in [-0.4, -0.2) is 33.4 Å². The largest absolute Gasteiger partial charge is 0.469 e. The van der Waals surface area contributed by atoms with Gasteiger partial charge < -0.3 is 13.9 Å². The van der Waals surface area contributed by atoms with Crippen LogP contribution in [0.1, 0.15) is 34.8 Å². The van der Waals surface area contributed by atoms with Crippen molar-refractivity contribution in [3.05, 3.63) is 53.2 Å². The van der Waals surface area contributed by atoms with Crippen molar-refractivity contribution in [2.45, 2.75) is 31.7 Å². The van der Waals surface area contributed by atoms with E-state index >= 15 is 0 Å². The van der Waals surface area contributed by atoms with Crippen molar-refractivity contribution in [1.82, 2.24) is 14.5 Å². The van der Waals surface area contributed by atoms with E-state index in [0.29, 0.717) is 11.3 Å². The number of fused-ring (bicyclic) bond motifs is 2. The maximum absolute atomic E-state index is 12.8. The Kier molecular flexibility index (Phi) is 3.19. The second kappa shape index (κ2) is 5.33. The first kappa shape index (κ1) is 15.0. The first-order valence-electron chi connectivity index (χ1n) is 8.61. The molecule has 0 aromatic carbocycles. The summed E-state index contributed by atoms with van der Waals surface area (Å²) in [7, 11) is 0. The molecule has 6 heteroatoms. The molecular weight excluding hydrogens is 334 g/mol. The lowest BCUT2D eigenvalue weighted by Crippen LogP contribution is -2.33. The summed E-state index contributed by atoms with van der Waals surface area (Å²) >= 11 is 1.75. The van der Waals surface area contributed by atoms with Crippen molar-refractivity contribution < 1.29 is 9.21 Å². The lowest BCUT2D eigenvalue weighted by Gasteiger charge is -2.22. The van der Waals surface area contributed by atoms with Gasteiger partial charge >= 0.3 is 0 Å². The molecule has 0 bridgehead atoms. The molecular formula is C19H19N3O2S. The Bertz CT molecular complexity index is 940. The number of hydrogen-bond acceptors (Lipinski definition) is 4. The van der Waals surface area contributed by atoms with Gasteiger partial charge in [-0.2, -0.15) is 0 Å². The molecule has 1 saturated heterocycles. The highest BCUT2D eigenvalue weighted by Crippen LogP contribution is 2.44. The van der Waals surface area contributed by atoms with Gasteiger partial charge in [-0.25, -0.2) is 4.98 Å². The monoisotopic (exact) mass is 353 g/mol. The normalized spacial score (nSPS) is 22.0. The fourth-order valence-corrected chi connectivity index (χ4v) is 5.04. The summed E-state index contributed by atoms with van der Waals surface area (Å²) in [5.74, 6) is 1.92. The third kappa shape index (κ3) is 2.13. The Balaban J connectivity index is 1.44. The highest BCUT2D eigenvalue weighted by molar-refractivity contribution is 7.13. The van der Waals surface area contributed by atoms with Gasteiger partial charge in [0.2, 0.25) is 0 Å². The zero-order valence-electron chi connectivity index (χ0n) is 14.1. The smallest absolute Gasteiger partial charge is 0.257 e. The first-order valence-corrected chi connectivity index (χ1v) is 9.49. The second-order valence-corrected chi connectivity index (χ2v) is 7.94. The topological polar surface area (TPSA) is 51.3 Å². The van der Waals surface area contributed by atoms with Crippen LogP contribution < -0.4 is 0 Å². The number of aryl methyl sites for hydroxylation is 1. The number of rotatable bonds is 2. The quantitative estimate of drug-likeness (QED) is 0.706. The number of aromatic nitrogens is 2. The van der Waals surface area contributed by atoms with Crippen LogP contribution in [0.2, 0.25) is 0 Å². The third-order valence-corrected chi connectivity index (χ3v) is 6.54. The SMILES string of the molecule is Cc1occc1C(=O)N1CC[C@@]2(CCn3c(-c4cccs4)cnc32)C1. The zero-order chi connectivity index (χ0) is 17.0. The molecule has 5 nitrogen and oxygen atoms in total. The van der Waals surface area contributed by atoms with Crippen molar-refractivity contribution in [3.63, 3.8) is 0 Å². The van der Waals surface area contributed by atoms with E-state index in [4.69, 9.17) is 9.40 Å². The minimum atomic E-state index is 0.00279. The lowest BCUT2D eigenvalue weighted by molar-refractivity contribution is 0.0781. The molecule has 0 N–H and O–H groups in total. The van der Waals surface area contributed by atoms with Crippen LogP contribution in [0.25, 0.3) is 10.6 Å². The molecule has 0 radical (unpaired) electrons. The van der Waals surface area contributed by atoms with Gasteiger partial charge in [0.15, 0.2) is 0 Å². The minimum absolute atomic E-state index is 0.00279. The van der Waals surface area contributed by atoms with Crippen LogP contribution in [0, 0.1) is 6.92 Å². The number of nitrogens with zero attached hydrogens (tertiary/aromatic N) is 3. The summed E-state index contributed by atoms with van der Waals surface area (Å²) in [6, 6.07) is 5.99. The van der Waals surface area contributed by atoms with Crippen LogP contribution in [0.15, 0.2) is 40.5 Å². The predicted molar refractivity (Wildman–Crippen MR) is 95.8 cm³/mol. The summed E-state index contributed by atoms with van der Waals surface area (Å²) in [6.07, 6.45) is 5.62.